The molecule has 3 heteroatoms. The highest BCUT2D eigenvalue weighted by Gasteiger charge is 2.22. The molecule has 0 spiro atoms. The molecular weight excluding hydrogens is 180 g/mol. The molecule has 0 aliphatic carbocycles. The van der Waals surface area contributed by atoms with Gasteiger partial charge in [-0.25, -0.2) is 4.79 Å². The van der Waals surface area contributed by atoms with Gasteiger partial charge in [-0.1, -0.05) is 13.8 Å². The Morgan fingerprint density at radius 3 is 2.07 bits per heavy atom. The predicted molar refractivity (Wildman–Crippen MR) is 56.1 cm³/mol. The van der Waals surface area contributed by atoms with Crippen molar-refractivity contribution in [3.8, 4) is 0 Å². The van der Waals surface area contributed by atoms with Crippen LogP contribution in [0.15, 0.2) is 0 Å². The zero-order chi connectivity index (χ0) is 11.4. The number of carbonyl (C=O) groups excluding carboxylic acids is 1. The summed E-state index contributed by atoms with van der Waals surface area (Å²) in [6.45, 7) is 11.9. The van der Waals surface area contributed by atoms with E-state index in [1.165, 1.54) is 0 Å². The molecule has 14 heavy (non-hydrogen) atoms. The van der Waals surface area contributed by atoms with E-state index in [0.29, 0.717) is 12.5 Å². The molecule has 0 bridgehead atoms. The van der Waals surface area contributed by atoms with E-state index in [4.69, 9.17) is 9.47 Å². The SMILES string of the molecule is CC(C)COC(=O)C(C)OC(C)(C)C. The second kappa shape index (κ2) is 5.35. The van der Waals surface area contributed by atoms with Gasteiger partial charge < -0.3 is 9.47 Å². The van der Waals surface area contributed by atoms with Gasteiger partial charge >= 0.3 is 5.97 Å². The molecule has 0 aliphatic heterocycles. The van der Waals surface area contributed by atoms with Crippen LogP contribution >= 0.6 is 0 Å². The molecular formula is C11H22O3. The fourth-order valence-corrected chi connectivity index (χ4v) is 0.945. The lowest BCUT2D eigenvalue weighted by Crippen LogP contribution is -2.32. The van der Waals surface area contributed by atoms with Gasteiger partial charge in [0.2, 0.25) is 0 Å². The zero-order valence-corrected chi connectivity index (χ0v) is 10.1. The van der Waals surface area contributed by atoms with E-state index < -0.39 is 6.10 Å². The van der Waals surface area contributed by atoms with Crippen molar-refractivity contribution in [2.75, 3.05) is 6.61 Å². The molecule has 0 aromatic rings. The van der Waals surface area contributed by atoms with E-state index in [9.17, 15) is 4.79 Å². The van der Waals surface area contributed by atoms with E-state index in [1.54, 1.807) is 6.92 Å². The third-order valence-electron chi connectivity index (χ3n) is 1.42. The minimum Gasteiger partial charge on any atom is -0.464 e. The smallest absolute Gasteiger partial charge is 0.334 e. The highest BCUT2D eigenvalue weighted by Crippen LogP contribution is 2.11. The van der Waals surface area contributed by atoms with E-state index in [-0.39, 0.29) is 11.6 Å². The first kappa shape index (κ1) is 13.4. The highest BCUT2D eigenvalue weighted by atomic mass is 16.6. The number of hydrogen-bond donors (Lipinski definition) is 0. The maximum Gasteiger partial charge on any atom is 0.334 e. The molecule has 0 aliphatic rings. The summed E-state index contributed by atoms with van der Waals surface area (Å²) < 4.78 is 10.5. The molecule has 84 valence electrons. The third-order valence-corrected chi connectivity index (χ3v) is 1.42. The number of carbonyl (C=O) groups is 1. The van der Waals surface area contributed by atoms with Gasteiger partial charge in [0.05, 0.1) is 12.2 Å². The molecule has 0 saturated carbocycles. The van der Waals surface area contributed by atoms with Crippen molar-refractivity contribution in [3.05, 3.63) is 0 Å². The van der Waals surface area contributed by atoms with Crippen molar-refractivity contribution in [2.45, 2.75) is 53.2 Å². The van der Waals surface area contributed by atoms with Gasteiger partial charge in [-0.2, -0.15) is 0 Å². The van der Waals surface area contributed by atoms with Gasteiger partial charge in [0, 0.05) is 0 Å². The summed E-state index contributed by atoms with van der Waals surface area (Å²) in [5.74, 6) is 0.0782. The average molecular weight is 202 g/mol. The minimum atomic E-state index is -0.492. The molecule has 0 aromatic carbocycles. The summed E-state index contributed by atoms with van der Waals surface area (Å²) in [5, 5.41) is 0. The Bertz CT molecular complexity index is 179. The first-order valence-electron chi connectivity index (χ1n) is 5.07. The van der Waals surface area contributed by atoms with Crippen LogP contribution in [0.5, 0.6) is 0 Å². The summed E-state index contributed by atoms with van der Waals surface area (Å²) >= 11 is 0. The third kappa shape index (κ3) is 6.89. The second-order valence-corrected chi connectivity index (χ2v) is 4.90. The van der Waals surface area contributed by atoms with Crippen molar-refractivity contribution in [2.24, 2.45) is 5.92 Å². The molecule has 0 N–H and O–H groups in total. The molecule has 3 nitrogen and oxygen atoms in total. The van der Waals surface area contributed by atoms with Crippen molar-refractivity contribution in [3.63, 3.8) is 0 Å². The summed E-state index contributed by atoms with van der Waals surface area (Å²) in [6.07, 6.45) is -0.492. The van der Waals surface area contributed by atoms with Gasteiger partial charge in [0.15, 0.2) is 6.10 Å². The Labute approximate surface area is 86.8 Å². The lowest BCUT2D eigenvalue weighted by Gasteiger charge is -2.24. The van der Waals surface area contributed by atoms with Gasteiger partial charge in [-0.05, 0) is 33.6 Å². The molecule has 0 saturated heterocycles. The lowest BCUT2D eigenvalue weighted by atomic mass is 10.2. The largest absolute Gasteiger partial charge is 0.464 e. The molecule has 0 aromatic heterocycles. The maximum atomic E-state index is 11.4. The van der Waals surface area contributed by atoms with Crippen LogP contribution in [0.1, 0.15) is 41.5 Å². The van der Waals surface area contributed by atoms with Gasteiger partial charge in [0.25, 0.3) is 0 Å². The quantitative estimate of drug-likeness (QED) is 0.657. The molecule has 0 fully saturated rings. The highest BCUT2D eigenvalue weighted by molar-refractivity contribution is 5.74. The fourth-order valence-electron chi connectivity index (χ4n) is 0.945. The normalized spacial score (nSPS) is 14.2. The number of esters is 1. The first-order chi connectivity index (χ1) is 6.22. The van der Waals surface area contributed by atoms with Crippen molar-refractivity contribution in [1.29, 1.82) is 0 Å². The van der Waals surface area contributed by atoms with Crippen molar-refractivity contribution < 1.29 is 14.3 Å². The maximum absolute atomic E-state index is 11.4. The van der Waals surface area contributed by atoms with E-state index in [2.05, 4.69) is 0 Å². The van der Waals surface area contributed by atoms with Crippen LogP contribution in [0.3, 0.4) is 0 Å². The molecule has 0 heterocycles. The van der Waals surface area contributed by atoms with Crippen LogP contribution in [0.4, 0.5) is 0 Å². The Balaban J connectivity index is 3.88. The predicted octanol–water partition coefficient (Wildman–Crippen LogP) is 2.39. The van der Waals surface area contributed by atoms with E-state index >= 15 is 0 Å². The summed E-state index contributed by atoms with van der Waals surface area (Å²) in [5.41, 5.74) is -0.309. The van der Waals surface area contributed by atoms with Crippen LogP contribution < -0.4 is 0 Å². The number of ether oxygens (including phenoxy) is 2. The van der Waals surface area contributed by atoms with Gasteiger partial charge in [-0.3, -0.25) is 0 Å². The molecule has 1 unspecified atom stereocenters. The summed E-state index contributed by atoms with van der Waals surface area (Å²) in [4.78, 5) is 11.4. The second-order valence-electron chi connectivity index (χ2n) is 4.90. The Hall–Kier alpha value is -0.570. The summed E-state index contributed by atoms with van der Waals surface area (Å²) in [6, 6.07) is 0. The zero-order valence-electron chi connectivity index (χ0n) is 10.1. The Kier molecular flexibility index (Phi) is 5.13. The Morgan fingerprint density at radius 2 is 1.71 bits per heavy atom. The van der Waals surface area contributed by atoms with Crippen molar-refractivity contribution >= 4 is 5.97 Å². The standard InChI is InChI=1S/C11H22O3/c1-8(2)7-13-10(12)9(3)14-11(4,5)6/h8-9H,7H2,1-6H3. The van der Waals surface area contributed by atoms with Crippen LogP contribution in [0.25, 0.3) is 0 Å². The fraction of sp³-hybridized carbons (Fsp3) is 0.909. The van der Waals surface area contributed by atoms with Crippen LogP contribution in [-0.4, -0.2) is 24.3 Å². The van der Waals surface area contributed by atoms with Gasteiger partial charge in [-0.15, -0.1) is 0 Å². The van der Waals surface area contributed by atoms with Crippen LogP contribution in [-0.2, 0) is 14.3 Å². The van der Waals surface area contributed by atoms with Crippen LogP contribution in [0.2, 0.25) is 0 Å². The van der Waals surface area contributed by atoms with E-state index in [1.807, 2.05) is 34.6 Å². The number of rotatable bonds is 4. The monoisotopic (exact) mass is 202 g/mol. The average Bonchev–Trinajstić information content (AvgIpc) is 1.96. The lowest BCUT2D eigenvalue weighted by molar-refractivity contribution is -0.165. The Morgan fingerprint density at radius 1 is 1.21 bits per heavy atom. The summed E-state index contributed by atoms with van der Waals surface area (Å²) in [7, 11) is 0. The first-order valence-corrected chi connectivity index (χ1v) is 5.07. The van der Waals surface area contributed by atoms with Crippen molar-refractivity contribution in [1.82, 2.24) is 0 Å². The van der Waals surface area contributed by atoms with Gasteiger partial charge in [0.1, 0.15) is 0 Å². The molecule has 0 amide bonds. The van der Waals surface area contributed by atoms with E-state index in [0.717, 1.165) is 0 Å². The topological polar surface area (TPSA) is 35.5 Å². The van der Waals surface area contributed by atoms with Crippen LogP contribution in [0, 0.1) is 5.92 Å². The molecule has 0 rings (SSSR count). The molecule has 1 atom stereocenters. The number of hydrogen-bond acceptors (Lipinski definition) is 3. The molecule has 0 radical (unpaired) electrons. The minimum absolute atomic E-state index is 0.284.